The van der Waals surface area contributed by atoms with E-state index in [0.717, 1.165) is 15.9 Å². The molecule has 4 nitrogen and oxygen atoms in total. The van der Waals surface area contributed by atoms with E-state index in [1.54, 1.807) is 31.3 Å². The average molecular weight is 498 g/mol. The van der Waals surface area contributed by atoms with E-state index in [2.05, 4.69) is 47.0 Å². The standard InChI is InChI=1S/C29H25N2O2PS/c1-30-28(33)26(31-27(32)22-14-6-2-7-15-22)29(35)34(23-16-8-3-9-17-23,24-18-10-4-11-19-24)25-20-12-5-13-21-25/h2-21,26H,1H3,(H-,30,31,32,33)/p+1. The Bertz CT molecular complexity index is 1200. The van der Waals surface area contributed by atoms with Crippen molar-refractivity contribution >= 4 is 51.8 Å². The molecular formula is C29H26N2O2PS+. The molecule has 0 aliphatic rings. The van der Waals surface area contributed by atoms with Crippen molar-refractivity contribution in [2.24, 2.45) is 0 Å². The van der Waals surface area contributed by atoms with Crippen molar-refractivity contribution in [1.29, 1.82) is 0 Å². The van der Waals surface area contributed by atoms with Crippen LogP contribution in [0.25, 0.3) is 0 Å². The average Bonchev–Trinajstić information content (AvgIpc) is 2.94. The van der Waals surface area contributed by atoms with Crippen LogP contribution >= 0.6 is 19.5 Å². The van der Waals surface area contributed by atoms with Gasteiger partial charge in [-0.05, 0) is 60.7 Å². The molecule has 0 spiro atoms. The molecule has 0 saturated carbocycles. The lowest BCUT2D eigenvalue weighted by molar-refractivity contribution is -0.120. The monoisotopic (exact) mass is 497 g/mol. The van der Waals surface area contributed by atoms with Crippen molar-refractivity contribution in [1.82, 2.24) is 10.6 Å². The maximum absolute atomic E-state index is 13.3. The molecule has 1 unspecified atom stereocenters. The first-order valence-corrected chi connectivity index (χ1v) is 13.5. The lowest BCUT2D eigenvalue weighted by Gasteiger charge is -2.31. The van der Waals surface area contributed by atoms with Gasteiger partial charge in [0.05, 0.1) is 0 Å². The topological polar surface area (TPSA) is 58.2 Å². The Morgan fingerprint density at radius 1 is 0.657 bits per heavy atom. The summed E-state index contributed by atoms with van der Waals surface area (Å²) in [4.78, 5) is 26.4. The summed E-state index contributed by atoms with van der Waals surface area (Å²) in [5.41, 5.74) is 0.465. The highest BCUT2D eigenvalue weighted by atomic mass is 32.1. The van der Waals surface area contributed by atoms with Gasteiger partial charge >= 0.3 is 0 Å². The Morgan fingerprint density at radius 2 is 1.03 bits per heavy atom. The molecule has 4 aromatic rings. The van der Waals surface area contributed by atoms with Gasteiger partial charge in [0.25, 0.3) is 11.8 Å². The quantitative estimate of drug-likeness (QED) is 0.287. The van der Waals surface area contributed by atoms with Crippen LogP contribution < -0.4 is 26.5 Å². The smallest absolute Gasteiger partial charge is 0.252 e. The van der Waals surface area contributed by atoms with Crippen LogP contribution in [-0.4, -0.2) is 29.5 Å². The maximum atomic E-state index is 13.3. The zero-order valence-electron chi connectivity index (χ0n) is 19.3. The molecule has 4 rings (SSSR count). The van der Waals surface area contributed by atoms with Gasteiger partial charge in [0.2, 0.25) is 0 Å². The normalized spacial score (nSPS) is 11.8. The first-order valence-electron chi connectivity index (χ1n) is 11.3. The fraction of sp³-hybridized carbons (Fsp3) is 0.0690. The van der Waals surface area contributed by atoms with Gasteiger partial charge in [0.1, 0.15) is 15.9 Å². The molecule has 0 heterocycles. The van der Waals surface area contributed by atoms with Gasteiger partial charge in [-0.1, -0.05) is 72.8 Å². The van der Waals surface area contributed by atoms with Crippen LogP contribution in [0.15, 0.2) is 121 Å². The molecule has 0 saturated heterocycles. The van der Waals surface area contributed by atoms with Crippen LogP contribution in [0.2, 0.25) is 0 Å². The minimum absolute atomic E-state index is 0.353. The van der Waals surface area contributed by atoms with Crippen LogP contribution in [0.1, 0.15) is 10.4 Å². The van der Waals surface area contributed by atoms with E-state index in [9.17, 15) is 9.59 Å². The molecule has 1 atom stereocenters. The van der Waals surface area contributed by atoms with E-state index >= 15 is 0 Å². The van der Waals surface area contributed by atoms with Gasteiger partial charge in [-0.3, -0.25) is 9.59 Å². The summed E-state index contributed by atoms with van der Waals surface area (Å²) in [6, 6.07) is 37.9. The third kappa shape index (κ3) is 4.93. The fourth-order valence-electron chi connectivity index (χ4n) is 4.17. The Kier molecular flexibility index (Phi) is 7.81. The fourth-order valence-corrected chi connectivity index (χ4v) is 9.36. The summed E-state index contributed by atoms with van der Waals surface area (Å²) < 4.78 is 0.490. The Morgan fingerprint density at radius 3 is 1.40 bits per heavy atom. The number of carbonyl (C=O) groups excluding carboxylic acids is 2. The van der Waals surface area contributed by atoms with Crippen LogP contribution in [0, 0.1) is 0 Å². The van der Waals surface area contributed by atoms with Crippen molar-refractivity contribution in [2.45, 2.75) is 6.04 Å². The van der Waals surface area contributed by atoms with E-state index < -0.39 is 13.3 Å². The summed E-state index contributed by atoms with van der Waals surface area (Å²) in [6.07, 6.45) is 0. The first-order chi connectivity index (χ1) is 17.1. The number of hydrogen-bond acceptors (Lipinski definition) is 3. The molecule has 0 radical (unpaired) electrons. The minimum atomic E-state index is -2.66. The SMILES string of the molecule is CNC(=O)C(NC(=O)c1ccccc1)C(=S)[P+](c1ccccc1)(c1ccccc1)c1ccccc1. The number of hydrogen-bond donors (Lipinski definition) is 2. The van der Waals surface area contributed by atoms with Crippen molar-refractivity contribution in [3.8, 4) is 0 Å². The number of benzene rings is 4. The molecule has 6 heteroatoms. The van der Waals surface area contributed by atoms with E-state index in [1.807, 2.05) is 60.7 Å². The molecule has 0 bridgehead atoms. The van der Waals surface area contributed by atoms with Gasteiger partial charge in [-0.15, -0.1) is 0 Å². The third-order valence-electron chi connectivity index (χ3n) is 5.83. The second kappa shape index (κ2) is 11.2. The van der Waals surface area contributed by atoms with E-state index in [-0.39, 0.29) is 11.8 Å². The summed E-state index contributed by atoms with van der Waals surface area (Å²) in [5.74, 6) is -0.708. The van der Waals surface area contributed by atoms with E-state index in [0.29, 0.717) is 10.2 Å². The zero-order chi connectivity index (χ0) is 24.7. The predicted molar refractivity (Wildman–Crippen MR) is 150 cm³/mol. The number of amides is 2. The van der Waals surface area contributed by atoms with Crippen molar-refractivity contribution < 1.29 is 9.59 Å². The Balaban J connectivity index is 1.94. The lowest BCUT2D eigenvalue weighted by Crippen LogP contribution is -2.54. The van der Waals surface area contributed by atoms with E-state index in [1.165, 1.54) is 0 Å². The van der Waals surface area contributed by atoms with Crippen LogP contribution in [0.5, 0.6) is 0 Å². The second-order valence-corrected chi connectivity index (χ2v) is 12.0. The van der Waals surface area contributed by atoms with Gasteiger partial charge < -0.3 is 10.6 Å². The van der Waals surface area contributed by atoms with Gasteiger partial charge in [-0.25, -0.2) is 0 Å². The number of nitrogens with one attached hydrogen (secondary N) is 2. The minimum Gasteiger partial charge on any atom is -0.357 e. The molecule has 0 fully saturated rings. The summed E-state index contributed by atoms with van der Waals surface area (Å²) in [5, 5.41) is 8.70. The molecule has 4 aromatic carbocycles. The molecule has 0 aliphatic carbocycles. The largest absolute Gasteiger partial charge is 0.357 e. The van der Waals surface area contributed by atoms with Gasteiger partial charge in [-0.2, -0.15) is 0 Å². The van der Waals surface area contributed by atoms with E-state index in [4.69, 9.17) is 12.2 Å². The summed E-state index contributed by atoms with van der Waals surface area (Å²) in [6.45, 7) is 0. The highest BCUT2D eigenvalue weighted by Crippen LogP contribution is 2.57. The molecule has 174 valence electrons. The predicted octanol–water partition coefficient (Wildman–Crippen LogP) is 3.85. The number of likely N-dealkylation sites (N-methyl/N-ethyl adjacent to an activating group) is 1. The lowest BCUT2D eigenvalue weighted by atomic mass is 10.2. The molecule has 2 amide bonds. The van der Waals surface area contributed by atoms with Crippen LogP contribution in [-0.2, 0) is 4.79 Å². The highest BCUT2D eigenvalue weighted by Gasteiger charge is 2.54. The number of carbonyl (C=O) groups is 2. The molecular weight excluding hydrogens is 471 g/mol. The maximum Gasteiger partial charge on any atom is 0.252 e. The Hall–Kier alpha value is -3.66. The van der Waals surface area contributed by atoms with Crippen molar-refractivity contribution in [3.05, 3.63) is 127 Å². The molecule has 0 aromatic heterocycles. The van der Waals surface area contributed by atoms with Crippen molar-refractivity contribution in [2.75, 3.05) is 7.05 Å². The molecule has 0 aliphatic heterocycles. The number of rotatable bonds is 8. The third-order valence-corrected chi connectivity index (χ3v) is 11.0. The van der Waals surface area contributed by atoms with Crippen LogP contribution in [0.3, 0.4) is 0 Å². The Labute approximate surface area is 211 Å². The first kappa shape index (κ1) is 24.5. The summed E-state index contributed by atoms with van der Waals surface area (Å²) >= 11 is 6.24. The van der Waals surface area contributed by atoms with Crippen LogP contribution in [0.4, 0.5) is 0 Å². The summed E-state index contributed by atoms with van der Waals surface area (Å²) in [7, 11) is -1.10. The van der Waals surface area contributed by atoms with Gasteiger partial charge in [0, 0.05) is 12.6 Å². The second-order valence-electron chi connectivity index (χ2n) is 7.90. The van der Waals surface area contributed by atoms with Gasteiger partial charge in [0.15, 0.2) is 17.9 Å². The molecule has 2 N–H and O–H groups in total. The number of thiocarbonyl (C=S) groups is 1. The molecule has 35 heavy (non-hydrogen) atoms. The highest BCUT2D eigenvalue weighted by molar-refractivity contribution is 8.18. The zero-order valence-corrected chi connectivity index (χ0v) is 21.0. The van der Waals surface area contributed by atoms with Crippen molar-refractivity contribution in [3.63, 3.8) is 0 Å².